The summed E-state index contributed by atoms with van der Waals surface area (Å²) in [7, 11) is 0. The molecule has 0 aromatic carbocycles. The summed E-state index contributed by atoms with van der Waals surface area (Å²) in [6, 6.07) is 0. The maximum absolute atomic E-state index is 11.8. The number of aryl methyl sites for hydroxylation is 1. The molecule has 102 valence electrons. The van der Waals surface area contributed by atoms with Gasteiger partial charge in [-0.05, 0) is 39.0 Å². The molecule has 0 atom stereocenters. The lowest BCUT2D eigenvalue weighted by atomic mass is 9.97. The summed E-state index contributed by atoms with van der Waals surface area (Å²) in [4.78, 5) is 29.9. The molecule has 2 N–H and O–H groups in total. The van der Waals surface area contributed by atoms with Crippen LogP contribution in [0.2, 0.25) is 0 Å². The molecule has 0 fully saturated rings. The van der Waals surface area contributed by atoms with Crippen molar-refractivity contribution in [1.82, 2.24) is 15.3 Å². The molecular weight excluding hydrogens is 242 g/mol. The van der Waals surface area contributed by atoms with Crippen LogP contribution in [-0.4, -0.2) is 22.4 Å². The van der Waals surface area contributed by atoms with Crippen LogP contribution in [0, 0.1) is 6.92 Å². The Labute approximate surface area is 112 Å². The second-order valence-electron chi connectivity index (χ2n) is 4.83. The topological polar surface area (TPSA) is 74.8 Å². The lowest BCUT2D eigenvalue weighted by Crippen LogP contribution is -2.31. The summed E-state index contributed by atoms with van der Waals surface area (Å²) in [5.41, 5.74) is 1.09. The monoisotopic (exact) mass is 261 g/mol. The highest BCUT2D eigenvalue weighted by Gasteiger charge is 2.11. The van der Waals surface area contributed by atoms with Crippen LogP contribution in [0.15, 0.2) is 22.6 Å². The van der Waals surface area contributed by atoms with Gasteiger partial charge in [0.25, 0.3) is 11.5 Å². The average Bonchev–Trinajstić information content (AvgIpc) is 2.39. The van der Waals surface area contributed by atoms with Gasteiger partial charge in [0.1, 0.15) is 11.4 Å². The second kappa shape index (κ2) is 6.31. The van der Waals surface area contributed by atoms with Crippen molar-refractivity contribution >= 4 is 5.91 Å². The van der Waals surface area contributed by atoms with Crippen molar-refractivity contribution < 1.29 is 4.79 Å². The number of amides is 1. The van der Waals surface area contributed by atoms with Crippen LogP contribution < -0.4 is 10.9 Å². The standard InChI is InChI=1S/C14H19N3O2/c1-10-16-9-12(14(19)17-10)13(18)15-8-7-11-5-3-2-4-6-11/h5,9H,2-4,6-8H2,1H3,(H,15,18)(H,16,17,19). The van der Waals surface area contributed by atoms with E-state index in [2.05, 4.69) is 21.4 Å². The Kier molecular flexibility index (Phi) is 4.49. The minimum absolute atomic E-state index is 0.0724. The second-order valence-corrected chi connectivity index (χ2v) is 4.83. The third-order valence-electron chi connectivity index (χ3n) is 3.29. The molecule has 1 aliphatic rings. The minimum Gasteiger partial charge on any atom is -0.351 e. The van der Waals surface area contributed by atoms with E-state index in [4.69, 9.17) is 0 Å². The SMILES string of the molecule is Cc1ncc(C(=O)NCCC2=CCCCC2)c(=O)[nH]1. The number of carbonyl (C=O) groups is 1. The first-order valence-electron chi connectivity index (χ1n) is 6.69. The Balaban J connectivity index is 1.87. The molecule has 0 unspecified atom stereocenters. The molecule has 1 heterocycles. The van der Waals surface area contributed by atoms with Gasteiger partial charge in [-0.25, -0.2) is 4.98 Å². The molecule has 0 saturated carbocycles. The first-order valence-corrected chi connectivity index (χ1v) is 6.69. The van der Waals surface area contributed by atoms with Crippen molar-refractivity contribution in [3.63, 3.8) is 0 Å². The summed E-state index contributed by atoms with van der Waals surface area (Å²) in [6.45, 7) is 2.25. The Bertz CT molecular complexity index is 546. The number of nitrogens with one attached hydrogen (secondary N) is 2. The molecule has 1 amide bonds. The molecule has 1 aromatic heterocycles. The normalized spacial score (nSPS) is 14.9. The molecular formula is C14H19N3O2. The number of aromatic nitrogens is 2. The van der Waals surface area contributed by atoms with E-state index in [1.165, 1.54) is 24.6 Å². The van der Waals surface area contributed by atoms with E-state index >= 15 is 0 Å². The van der Waals surface area contributed by atoms with Crippen molar-refractivity contribution in [1.29, 1.82) is 0 Å². The molecule has 0 bridgehead atoms. The fraction of sp³-hybridized carbons (Fsp3) is 0.500. The number of allylic oxidation sites excluding steroid dienone is 1. The van der Waals surface area contributed by atoms with Crippen LogP contribution in [-0.2, 0) is 0 Å². The number of hydrogen-bond acceptors (Lipinski definition) is 3. The smallest absolute Gasteiger partial charge is 0.263 e. The van der Waals surface area contributed by atoms with E-state index < -0.39 is 0 Å². The Morgan fingerprint density at radius 2 is 2.32 bits per heavy atom. The molecule has 1 aliphatic carbocycles. The van der Waals surface area contributed by atoms with Gasteiger partial charge >= 0.3 is 0 Å². The highest BCUT2D eigenvalue weighted by atomic mass is 16.2. The predicted molar refractivity (Wildman–Crippen MR) is 73.1 cm³/mol. The van der Waals surface area contributed by atoms with Gasteiger partial charge in [-0.15, -0.1) is 0 Å². The largest absolute Gasteiger partial charge is 0.351 e. The van der Waals surface area contributed by atoms with Gasteiger partial charge < -0.3 is 10.3 Å². The maximum atomic E-state index is 11.8. The fourth-order valence-electron chi connectivity index (χ4n) is 2.21. The van der Waals surface area contributed by atoms with Gasteiger partial charge in [0.2, 0.25) is 0 Å². The lowest BCUT2D eigenvalue weighted by Gasteiger charge is -2.12. The van der Waals surface area contributed by atoms with E-state index in [-0.39, 0.29) is 17.0 Å². The zero-order chi connectivity index (χ0) is 13.7. The third kappa shape index (κ3) is 3.77. The van der Waals surface area contributed by atoms with Crippen LogP contribution in [0.1, 0.15) is 48.3 Å². The van der Waals surface area contributed by atoms with E-state index in [1.54, 1.807) is 6.92 Å². The Hall–Kier alpha value is -1.91. The minimum atomic E-state index is -0.387. The molecule has 19 heavy (non-hydrogen) atoms. The number of nitrogens with zero attached hydrogens (tertiary/aromatic N) is 1. The van der Waals surface area contributed by atoms with Gasteiger partial charge in [-0.1, -0.05) is 11.6 Å². The predicted octanol–water partition coefficient (Wildman–Crippen LogP) is 1.70. The third-order valence-corrected chi connectivity index (χ3v) is 3.29. The van der Waals surface area contributed by atoms with Gasteiger partial charge in [-0.3, -0.25) is 9.59 Å². The van der Waals surface area contributed by atoms with Crippen molar-refractivity contribution in [3.05, 3.63) is 39.6 Å². The van der Waals surface area contributed by atoms with E-state index in [0.717, 1.165) is 19.3 Å². The number of aromatic amines is 1. The summed E-state index contributed by atoms with van der Waals surface area (Å²) >= 11 is 0. The average molecular weight is 261 g/mol. The summed E-state index contributed by atoms with van der Waals surface area (Å²) in [6.07, 6.45) is 9.22. The maximum Gasteiger partial charge on any atom is 0.263 e. The van der Waals surface area contributed by atoms with E-state index in [9.17, 15) is 9.59 Å². The van der Waals surface area contributed by atoms with Crippen LogP contribution in [0.4, 0.5) is 0 Å². The van der Waals surface area contributed by atoms with Crippen LogP contribution >= 0.6 is 0 Å². The van der Waals surface area contributed by atoms with Crippen molar-refractivity contribution in [2.45, 2.75) is 39.0 Å². The first-order chi connectivity index (χ1) is 9.16. The van der Waals surface area contributed by atoms with Crippen molar-refractivity contribution in [2.24, 2.45) is 0 Å². The molecule has 1 aromatic rings. The highest BCUT2D eigenvalue weighted by molar-refractivity contribution is 5.93. The van der Waals surface area contributed by atoms with Gasteiger partial charge in [0.15, 0.2) is 0 Å². The first kappa shape index (κ1) is 13.5. The van der Waals surface area contributed by atoms with Crippen molar-refractivity contribution in [3.8, 4) is 0 Å². The zero-order valence-corrected chi connectivity index (χ0v) is 11.2. The zero-order valence-electron chi connectivity index (χ0n) is 11.2. The number of H-pyrrole nitrogens is 1. The molecule has 0 spiro atoms. The number of carbonyl (C=O) groups excluding carboxylic acids is 1. The van der Waals surface area contributed by atoms with Crippen LogP contribution in [0.5, 0.6) is 0 Å². The van der Waals surface area contributed by atoms with Crippen molar-refractivity contribution in [2.75, 3.05) is 6.54 Å². The molecule has 5 heteroatoms. The molecule has 5 nitrogen and oxygen atoms in total. The highest BCUT2D eigenvalue weighted by Crippen LogP contribution is 2.19. The van der Waals surface area contributed by atoms with E-state index in [0.29, 0.717) is 12.4 Å². The fourth-order valence-corrected chi connectivity index (χ4v) is 2.21. The van der Waals surface area contributed by atoms with Crippen LogP contribution in [0.25, 0.3) is 0 Å². The molecule has 0 saturated heterocycles. The quantitative estimate of drug-likeness (QED) is 0.810. The van der Waals surface area contributed by atoms with Gasteiger partial charge in [0, 0.05) is 12.7 Å². The van der Waals surface area contributed by atoms with Crippen LogP contribution in [0.3, 0.4) is 0 Å². The molecule has 0 aliphatic heterocycles. The lowest BCUT2D eigenvalue weighted by molar-refractivity contribution is 0.0952. The van der Waals surface area contributed by atoms with E-state index in [1.807, 2.05) is 0 Å². The number of rotatable bonds is 4. The molecule has 0 radical (unpaired) electrons. The summed E-state index contributed by atoms with van der Waals surface area (Å²) in [5.74, 6) is 0.152. The Morgan fingerprint density at radius 1 is 1.47 bits per heavy atom. The Morgan fingerprint density at radius 3 is 3.00 bits per heavy atom. The summed E-state index contributed by atoms with van der Waals surface area (Å²) in [5, 5.41) is 2.77. The summed E-state index contributed by atoms with van der Waals surface area (Å²) < 4.78 is 0. The van der Waals surface area contributed by atoms with Gasteiger partial charge in [-0.2, -0.15) is 0 Å². The molecule has 2 rings (SSSR count). The van der Waals surface area contributed by atoms with Gasteiger partial charge in [0.05, 0.1) is 0 Å². The number of hydrogen-bond donors (Lipinski definition) is 2.